The Bertz CT molecular complexity index is 756. The summed E-state index contributed by atoms with van der Waals surface area (Å²) in [6.45, 7) is 1.85. The van der Waals surface area contributed by atoms with E-state index in [9.17, 15) is 4.79 Å². The molecule has 1 fully saturated rings. The largest absolute Gasteiger partial charge is 0.479 e. The molecule has 1 N–H and O–H groups in total. The van der Waals surface area contributed by atoms with Crippen LogP contribution in [0.1, 0.15) is 5.56 Å². The Morgan fingerprint density at radius 3 is 2.81 bits per heavy atom. The Hall–Kier alpha value is -2.65. The van der Waals surface area contributed by atoms with Crippen molar-refractivity contribution in [3.05, 3.63) is 35.2 Å². The number of rotatable bonds is 7. The second-order valence-corrected chi connectivity index (χ2v) is 5.74. The molecule has 10 heteroatoms. The van der Waals surface area contributed by atoms with E-state index >= 15 is 0 Å². The van der Waals surface area contributed by atoms with E-state index in [2.05, 4.69) is 15.0 Å². The lowest BCUT2D eigenvalue weighted by Gasteiger charge is -2.29. The van der Waals surface area contributed by atoms with Gasteiger partial charge in [0.25, 0.3) is 0 Å². The number of carbonyl (C=O) groups is 1. The highest BCUT2D eigenvalue weighted by Crippen LogP contribution is 2.35. The number of carboxylic acids is 1. The predicted octanol–water partition coefficient (Wildman–Crippen LogP) is 1.40. The van der Waals surface area contributed by atoms with Crippen molar-refractivity contribution >= 4 is 23.4 Å². The fourth-order valence-corrected chi connectivity index (χ4v) is 2.55. The van der Waals surface area contributed by atoms with Crippen LogP contribution in [0.5, 0.6) is 11.8 Å². The van der Waals surface area contributed by atoms with Gasteiger partial charge in [-0.15, -0.1) is 0 Å². The SMILES string of the molecule is O=C(O)COc1c(Cl)nc(OCc2cccnc2)nc1N1CCOCC1. The molecule has 3 rings (SSSR count). The van der Waals surface area contributed by atoms with E-state index < -0.39 is 12.6 Å². The van der Waals surface area contributed by atoms with E-state index in [-0.39, 0.29) is 23.5 Å². The minimum atomic E-state index is -1.12. The number of carboxylic acid groups (broad SMARTS) is 1. The topological polar surface area (TPSA) is 107 Å². The van der Waals surface area contributed by atoms with Crippen LogP contribution >= 0.6 is 11.6 Å². The van der Waals surface area contributed by atoms with Crippen LogP contribution in [0.25, 0.3) is 0 Å². The van der Waals surface area contributed by atoms with E-state index in [0.717, 1.165) is 5.56 Å². The lowest BCUT2D eigenvalue weighted by molar-refractivity contribution is -0.139. The highest BCUT2D eigenvalue weighted by Gasteiger charge is 2.23. The molecule has 0 spiro atoms. The molecule has 0 atom stereocenters. The van der Waals surface area contributed by atoms with Gasteiger partial charge in [-0.2, -0.15) is 9.97 Å². The lowest BCUT2D eigenvalue weighted by Crippen LogP contribution is -2.37. The molecule has 1 saturated heterocycles. The van der Waals surface area contributed by atoms with Crippen molar-refractivity contribution in [3.8, 4) is 11.8 Å². The zero-order chi connectivity index (χ0) is 18.4. The molecule has 0 radical (unpaired) electrons. The zero-order valence-electron chi connectivity index (χ0n) is 13.8. The molecule has 0 aliphatic carbocycles. The van der Waals surface area contributed by atoms with Gasteiger partial charge in [-0.05, 0) is 6.07 Å². The van der Waals surface area contributed by atoms with Gasteiger partial charge in [0.2, 0.25) is 0 Å². The van der Waals surface area contributed by atoms with Gasteiger partial charge in [0.1, 0.15) is 6.61 Å². The Kier molecular flexibility index (Phi) is 6.03. The summed E-state index contributed by atoms with van der Waals surface area (Å²) in [4.78, 5) is 25.2. The Morgan fingerprint density at radius 2 is 2.12 bits per heavy atom. The van der Waals surface area contributed by atoms with Gasteiger partial charge < -0.3 is 24.2 Å². The van der Waals surface area contributed by atoms with E-state index in [1.807, 2.05) is 11.0 Å². The van der Waals surface area contributed by atoms with Crippen molar-refractivity contribution in [3.63, 3.8) is 0 Å². The molecular formula is C16H17ClN4O5. The van der Waals surface area contributed by atoms with Crippen molar-refractivity contribution in [2.75, 3.05) is 37.8 Å². The van der Waals surface area contributed by atoms with Crippen LogP contribution < -0.4 is 14.4 Å². The number of hydrogen-bond acceptors (Lipinski definition) is 8. The third-order valence-electron chi connectivity index (χ3n) is 3.53. The first-order valence-corrected chi connectivity index (χ1v) is 8.28. The third kappa shape index (κ3) is 4.70. The summed E-state index contributed by atoms with van der Waals surface area (Å²) in [6.07, 6.45) is 3.34. The molecule has 3 heterocycles. The summed E-state index contributed by atoms with van der Waals surface area (Å²) in [7, 11) is 0. The van der Waals surface area contributed by atoms with Crippen LogP contribution in [0.4, 0.5) is 5.82 Å². The second-order valence-electron chi connectivity index (χ2n) is 5.38. The van der Waals surface area contributed by atoms with Crippen LogP contribution in [0.3, 0.4) is 0 Å². The van der Waals surface area contributed by atoms with E-state index in [4.69, 9.17) is 30.9 Å². The van der Waals surface area contributed by atoms with Gasteiger partial charge in [0.15, 0.2) is 23.3 Å². The van der Waals surface area contributed by atoms with Gasteiger partial charge in [0, 0.05) is 31.0 Å². The number of anilines is 1. The van der Waals surface area contributed by atoms with Crippen LogP contribution in [0, 0.1) is 0 Å². The van der Waals surface area contributed by atoms with E-state index in [1.54, 1.807) is 18.5 Å². The predicted molar refractivity (Wildman–Crippen MR) is 91.8 cm³/mol. The van der Waals surface area contributed by atoms with Crippen LogP contribution in [-0.2, 0) is 16.1 Å². The minimum absolute atomic E-state index is 0.0103. The number of nitrogens with zero attached hydrogens (tertiary/aromatic N) is 4. The molecule has 0 unspecified atom stereocenters. The molecule has 1 aliphatic heterocycles. The first-order valence-electron chi connectivity index (χ1n) is 7.90. The number of pyridine rings is 1. The molecule has 0 saturated carbocycles. The first-order chi connectivity index (χ1) is 12.6. The van der Waals surface area contributed by atoms with Crippen molar-refractivity contribution in [2.24, 2.45) is 0 Å². The van der Waals surface area contributed by atoms with Gasteiger partial charge in [-0.3, -0.25) is 4.98 Å². The van der Waals surface area contributed by atoms with Crippen molar-refractivity contribution in [1.82, 2.24) is 15.0 Å². The molecule has 9 nitrogen and oxygen atoms in total. The number of aromatic nitrogens is 3. The second kappa shape index (κ2) is 8.63. The highest BCUT2D eigenvalue weighted by molar-refractivity contribution is 6.31. The normalized spacial score (nSPS) is 14.1. The number of hydrogen-bond donors (Lipinski definition) is 1. The molecule has 2 aromatic rings. The maximum Gasteiger partial charge on any atom is 0.341 e. The molecule has 1 aliphatic rings. The summed E-state index contributed by atoms with van der Waals surface area (Å²) in [6, 6.07) is 3.74. The fourth-order valence-electron chi connectivity index (χ4n) is 2.34. The van der Waals surface area contributed by atoms with Crippen LogP contribution in [0.15, 0.2) is 24.5 Å². The van der Waals surface area contributed by atoms with Gasteiger partial charge in [0.05, 0.1) is 13.2 Å². The average Bonchev–Trinajstić information content (AvgIpc) is 2.66. The zero-order valence-corrected chi connectivity index (χ0v) is 14.6. The molecular weight excluding hydrogens is 364 g/mol. The van der Waals surface area contributed by atoms with Crippen molar-refractivity contribution < 1.29 is 24.1 Å². The highest BCUT2D eigenvalue weighted by atomic mass is 35.5. The first kappa shape index (κ1) is 18.2. The average molecular weight is 381 g/mol. The quantitative estimate of drug-likeness (QED) is 0.713. The third-order valence-corrected chi connectivity index (χ3v) is 3.78. The van der Waals surface area contributed by atoms with Crippen LogP contribution in [0.2, 0.25) is 5.15 Å². The Labute approximate surface area is 154 Å². The van der Waals surface area contributed by atoms with Gasteiger partial charge in [-0.25, -0.2) is 4.79 Å². The summed E-state index contributed by atoms with van der Waals surface area (Å²) >= 11 is 6.20. The number of halogens is 1. The Balaban J connectivity index is 1.83. The monoisotopic (exact) mass is 380 g/mol. The van der Waals surface area contributed by atoms with E-state index in [1.165, 1.54) is 0 Å². The standard InChI is InChI=1S/C16H17ClN4O5/c17-14-13(25-10-12(22)23)15(21-4-6-24-7-5-21)20-16(19-14)26-9-11-2-1-3-18-8-11/h1-3,8H,4-7,9-10H2,(H,22,23). The van der Waals surface area contributed by atoms with Crippen molar-refractivity contribution in [1.29, 1.82) is 0 Å². The van der Waals surface area contributed by atoms with Crippen molar-refractivity contribution in [2.45, 2.75) is 6.61 Å². The van der Waals surface area contributed by atoms with Gasteiger partial charge >= 0.3 is 12.0 Å². The van der Waals surface area contributed by atoms with Crippen LogP contribution in [-0.4, -0.2) is 58.9 Å². The molecule has 0 aromatic carbocycles. The molecule has 2 aromatic heterocycles. The van der Waals surface area contributed by atoms with E-state index in [0.29, 0.717) is 32.1 Å². The molecule has 0 amide bonds. The number of morpholine rings is 1. The molecule has 138 valence electrons. The van der Waals surface area contributed by atoms with Gasteiger partial charge in [-0.1, -0.05) is 17.7 Å². The fraction of sp³-hybridized carbons (Fsp3) is 0.375. The number of aliphatic carboxylic acids is 1. The smallest absolute Gasteiger partial charge is 0.341 e. The number of ether oxygens (including phenoxy) is 3. The summed E-state index contributed by atoms with van der Waals surface area (Å²) < 4.78 is 16.2. The molecule has 26 heavy (non-hydrogen) atoms. The lowest BCUT2D eigenvalue weighted by atomic mass is 10.3. The summed E-state index contributed by atoms with van der Waals surface area (Å²) in [5, 5.41) is 8.85. The summed E-state index contributed by atoms with van der Waals surface area (Å²) in [5.74, 6) is -0.619. The summed E-state index contributed by atoms with van der Waals surface area (Å²) in [5.41, 5.74) is 0.853. The maximum absolute atomic E-state index is 10.8. The maximum atomic E-state index is 10.8. The Morgan fingerprint density at radius 1 is 1.31 bits per heavy atom. The minimum Gasteiger partial charge on any atom is -0.479 e. The molecule has 0 bridgehead atoms.